The molecule has 0 amide bonds. The molecule has 5 nitrogen and oxygen atoms in total. The molecule has 0 saturated heterocycles. The molecule has 0 aliphatic carbocycles. The zero-order valence-electron chi connectivity index (χ0n) is 10.6. The first-order valence-corrected chi connectivity index (χ1v) is 7.68. The van der Waals surface area contributed by atoms with Crippen molar-refractivity contribution in [2.24, 2.45) is 0 Å². The largest absolute Gasteiger partial charge is 0.478 e. The minimum Gasteiger partial charge on any atom is -0.478 e. The molecule has 3 rings (SSSR count). The Morgan fingerprint density at radius 1 is 1.38 bits per heavy atom. The quantitative estimate of drug-likeness (QED) is 0.775. The topological polar surface area (TPSA) is 72.2 Å². The summed E-state index contributed by atoms with van der Waals surface area (Å²) >= 11 is 4.77. The van der Waals surface area contributed by atoms with Gasteiger partial charge in [0.05, 0.1) is 23.8 Å². The SMILES string of the molecule is O=C(O)c1ccc(Cn2cnc3sccc3c2=O)c(Br)c1. The first kappa shape index (κ1) is 14.0. The lowest BCUT2D eigenvalue weighted by Gasteiger charge is -2.08. The van der Waals surface area contributed by atoms with Crippen LogP contribution in [0.25, 0.3) is 10.2 Å². The van der Waals surface area contributed by atoms with Crippen LogP contribution in [0.1, 0.15) is 15.9 Å². The van der Waals surface area contributed by atoms with Crippen molar-refractivity contribution >= 4 is 43.5 Å². The molecule has 0 saturated carbocycles. The third-order valence-corrected chi connectivity index (χ3v) is 4.65. The van der Waals surface area contributed by atoms with Crippen LogP contribution in [0.2, 0.25) is 0 Å². The van der Waals surface area contributed by atoms with Gasteiger partial charge in [0.25, 0.3) is 5.56 Å². The Bertz CT molecular complexity index is 901. The van der Waals surface area contributed by atoms with E-state index in [1.165, 1.54) is 34.4 Å². The molecule has 0 radical (unpaired) electrons. The smallest absolute Gasteiger partial charge is 0.335 e. The molecule has 1 N–H and O–H groups in total. The van der Waals surface area contributed by atoms with E-state index in [0.29, 0.717) is 16.4 Å². The molecule has 106 valence electrons. The Balaban J connectivity index is 2.00. The lowest BCUT2D eigenvalue weighted by molar-refractivity contribution is 0.0697. The number of benzene rings is 1. The second kappa shape index (κ2) is 5.42. The number of aromatic nitrogens is 2. The highest BCUT2D eigenvalue weighted by Gasteiger charge is 2.10. The molecular weight excluding hydrogens is 356 g/mol. The lowest BCUT2D eigenvalue weighted by Crippen LogP contribution is -2.20. The Hall–Kier alpha value is -1.99. The van der Waals surface area contributed by atoms with Crippen molar-refractivity contribution in [3.63, 3.8) is 0 Å². The van der Waals surface area contributed by atoms with Gasteiger partial charge >= 0.3 is 5.97 Å². The maximum atomic E-state index is 12.3. The maximum absolute atomic E-state index is 12.3. The molecule has 2 aromatic heterocycles. The van der Waals surface area contributed by atoms with E-state index in [9.17, 15) is 9.59 Å². The fourth-order valence-electron chi connectivity index (χ4n) is 2.00. The summed E-state index contributed by atoms with van der Waals surface area (Å²) in [5.74, 6) is -0.985. The predicted octanol–water partition coefficient (Wildman–Crippen LogP) is 2.97. The normalized spacial score (nSPS) is 10.9. The van der Waals surface area contributed by atoms with Gasteiger partial charge in [0, 0.05) is 4.47 Å². The van der Waals surface area contributed by atoms with E-state index in [2.05, 4.69) is 20.9 Å². The molecule has 1 aromatic carbocycles. The van der Waals surface area contributed by atoms with Crippen LogP contribution in [0.5, 0.6) is 0 Å². The highest BCUT2D eigenvalue weighted by Crippen LogP contribution is 2.20. The lowest BCUT2D eigenvalue weighted by atomic mass is 10.1. The molecule has 0 spiro atoms. The highest BCUT2D eigenvalue weighted by molar-refractivity contribution is 9.10. The van der Waals surface area contributed by atoms with E-state index in [4.69, 9.17) is 5.11 Å². The number of halogens is 1. The number of hydrogen-bond donors (Lipinski definition) is 1. The average molecular weight is 365 g/mol. The number of hydrogen-bond acceptors (Lipinski definition) is 4. The molecule has 0 bridgehead atoms. The van der Waals surface area contributed by atoms with Gasteiger partial charge in [0.1, 0.15) is 4.83 Å². The van der Waals surface area contributed by atoms with Crippen LogP contribution >= 0.6 is 27.3 Å². The third-order valence-electron chi connectivity index (χ3n) is 3.09. The molecule has 0 aliphatic rings. The summed E-state index contributed by atoms with van der Waals surface area (Å²) in [5.41, 5.74) is 0.915. The first-order chi connectivity index (χ1) is 10.1. The fraction of sp³-hybridized carbons (Fsp3) is 0.0714. The van der Waals surface area contributed by atoms with Crippen molar-refractivity contribution in [3.8, 4) is 0 Å². The third kappa shape index (κ3) is 2.62. The zero-order chi connectivity index (χ0) is 15.0. The summed E-state index contributed by atoms with van der Waals surface area (Å²) in [4.78, 5) is 28.2. The van der Waals surface area contributed by atoms with E-state index < -0.39 is 5.97 Å². The van der Waals surface area contributed by atoms with Crippen molar-refractivity contribution in [2.75, 3.05) is 0 Å². The van der Waals surface area contributed by atoms with Crippen LogP contribution in [0.3, 0.4) is 0 Å². The Labute approximate surface area is 131 Å². The van der Waals surface area contributed by atoms with E-state index >= 15 is 0 Å². The summed E-state index contributed by atoms with van der Waals surface area (Å²) in [6.07, 6.45) is 1.51. The zero-order valence-corrected chi connectivity index (χ0v) is 13.0. The standard InChI is InChI=1S/C14H9BrN2O3S/c15-11-5-8(14(19)20)1-2-9(11)6-17-7-16-12-10(13(17)18)3-4-21-12/h1-5,7H,6H2,(H,19,20). The molecule has 0 unspecified atom stereocenters. The van der Waals surface area contributed by atoms with Crippen molar-refractivity contribution in [1.82, 2.24) is 9.55 Å². The monoisotopic (exact) mass is 364 g/mol. The van der Waals surface area contributed by atoms with E-state index in [1.54, 1.807) is 12.1 Å². The summed E-state index contributed by atoms with van der Waals surface area (Å²) in [6.45, 7) is 0.331. The number of carboxylic acid groups (broad SMARTS) is 1. The molecule has 0 aliphatic heterocycles. The van der Waals surface area contributed by atoms with Crippen LogP contribution < -0.4 is 5.56 Å². The van der Waals surface area contributed by atoms with Gasteiger partial charge in [-0.05, 0) is 29.1 Å². The van der Waals surface area contributed by atoms with Crippen LogP contribution in [0.4, 0.5) is 0 Å². The molecule has 3 aromatic rings. The summed E-state index contributed by atoms with van der Waals surface area (Å²) in [6, 6.07) is 6.50. The number of rotatable bonds is 3. The van der Waals surface area contributed by atoms with E-state index in [-0.39, 0.29) is 11.1 Å². The number of fused-ring (bicyclic) bond motifs is 1. The van der Waals surface area contributed by atoms with E-state index in [1.807, 2.05) is 5.38 Å². The Morgan fingerprint density at radius 3 is 2.90 bits per heavy atom. The number of nitrogens with zero attached hydrogens (tertiary/aromatic N) is 2. The van der Waals surface area contributed by atoms with E-state index in [0.717, 1.165) is 10.4 Å². The summed E-state index contributed by atoms with van der Waals surface area (Å²) in [7, 11) is 0. The number of aromatic carboxylic acids is 1. The Kier molecular flexibility index (Phi) is 3.60. The number of carbonyl (C=O) groups is 1. The van der Waals surface area contributed by atoms with Crippen molar-refractivity contribution in [2.45, 2.75) is 6.54 Å². The Morgan fingerprint density at radius 2 is 2.19 bits per heavy atom. The van der Waals surface area contributed by atoms with Crippen LogP contribution in [-0.4, -0.2) is 20.6 Å². The van der Waals surface area contributed by atoms with Gasteiger partial charge in [-0.2, -0.15) is 0 Å². The van der Waals surface area contributed by atoms with Crippen LogP contribution in [0.15, 0.2) is 45.2 Å². The van der Waals surface area contributed by atoms with Gasteiger partial charge in [-0.3, -0.25) is 9.36 Å². The molecular formula is C14H9BrN2O3S. The van der Waals surface area contributed by atoms with Gasteiger partial charge < -0.3 is 5.11 Å². The van der Waals surface area contributed by atoms with Crippen LogP contribution in [0, 0.1) is 0 Å². The minimum absolute atomic E-state index is 0.101. The van der Waals surface area contributed by atoms with Gasteiger partial charge in [-0.25, -0.2) is 9.78 Å². The molecule has 7 heteroatoms. The van der Waals surface area contributed by atoms with Crippen molar-refractivity contribution in [3.05, 3.63) is 61.9 Å². The predicted molar refractivity (Wildman–Crippen MR) is 84.1 cm³/mol. The molecule has 21 heavy (non-hydrogen) atoms. The van der Waals surface area contributed by atoms with Crippen LogP contribution in [-0.2, 0) is 6.54 Å². The van der Waals surface area contributed by atoms with Gasteiger partial charge in [0.2, 0.25) is 0 Å². The molecule has 0 fully saturated rings. The second-order valence-electron chi connectivity index (χ2n) is 4.43. The first-order valence-electron chi connectivity index (χ1n) is 6.00. The minimum atomic E-state index is -0.985. The molecule has 2 heterocycles. The number of carboxylic acids is 1. The second-order valence-corrected chi connectivity index (χ2v) is 6.18. The maximum Gasteiger partial charge on any atom is 0.335 e. The van der Waals surface area contributed by atoms with Gasteiger partial charge in [-0.15, -0.1) is 11.3 Å². The fourth-order valence-corrected chi connectivity index (χ4v) is 3.23. The van der Waals surface area contributed by atoms with Crippen molar-refractivity contribution in [1.29, 1.82) is 0 Å². The summed E-state index contributed by atoms with van der Waals surface area (Å²) in [5, 5.41) is 11.4. The molecule has 0 atom stereocenters. The van der Waals surface area contributed by atoms with Gasteiger partial charge in [0.15, 0.2) is 0 Å². The van der Waals surface area contributed by atoms with Crippen molar-refractivity contribution < 1.29 is 9.90 Å². The average Bonchev–Trinajstić information content (AvgIpc) is 2.93. The van der Waals surface area contributed by atoms with Gasteiger partial charge in [-0.1, -0.05) is 22.0 Å². The highest BCUT2D eigenvalue weighted by atomic mass is 79.9. The number of thiophene rings is 1. The summed E-state index contributed by atoms with van der Waals surface area (Å²) < 4.78 is 2.16.